The highest BCUT2D eigenvalue weighted by atomic mass is 16.7. The smallest absolute Gasteiger partial charge is 0.395 e. The second kappa shape index (κ2) is 8.97. The van der Waals surface area contributed by atoms with Crippen LogP contribution in [0.25, 0.3) is 0 Å². The third-order valence-corrected chi connectivity index (χ3v) is 1.54. The summed E-state index contributed by atoms with van der Waals surface area (Å²) in [6.07, 6.45) is 10.0. The number of hydrogen-bond acceptors (Lipinski definition) is 3. The van der Waals surface area contributed by atoms with Crippen LogP contribution < -0.4 is 0 Å². The largest absolute Gasteiger partial charge is 0.519 e. The molecule has 0 rings (SSSR count). The van der Waals surface area contributed by atoms with Gasteiger partial charge in [0, 0.05) is 0 Å². The summed E-state index contributed by atoms with van der Waals surface area (Å²) < 4.78 is 9.74. The molecule has 3 heteroatoms. The maximum absolute atomic E-state index is 11.3. The molecule has 0 bridgehead atoms. The first-order valence-electron chi connectivity index (χ1n) is 4.98. The normalized spacial score (nSPS) is 12.1. The summed E-state index contributed by atoms with van der Waals surface area (Å²) in [5.41, 5.74) is 0. The van der Waals surface area contributed by atoms with E-state index in [1.54, 1.807) is 18.2 Å². The lowest BCUT2D eigenvalue weighted by molar-refractivity contribution is 0.108. The minimum absolute atomic E-state index is 0.263. The molecule has 0 radical (unpaired) electrons. The number of ether oxygens (including phenoxy) is 2. The van der Waals surface area contributed by atoms with Gasteiger partial charge in [-0.25, -0.2) is 4.79 Å². The summed E-state index contributed by atoms with van der Waals surface area (Å²) in [7, 11) is 0. The number of carbonyl (C=O) groups is 1. The van der Waals surface area contributed by atoms with E-state index < -0.39 is 6.16 Å². The van der Waals surface area contributed by atoms with E-state index in [-0.39, 0.29) is 5.76 Å². The van der Waals surface area contributed by atoms with Gasteiger partial charge in [0.2, 0.25) is 0 Å². The number of carbonyl (C=O) groups excluding carboxylic acids is 1. The van der Waals surface area contributed by atoms with Crippen molar-refractivity contribution in [3.8, 4) is 0 Å². The van der Waals surface area contributed by atoms with E-state index in [1.165, 1.54) is 24.3 Å². The lowest BCUT2D eigenvalue weighted by Crippen LogP contribution is -2.05. The lowest BCUT2D eigenvalue weighted by atomic mass is 10.4. The Labute approximate surface area is 102 Å². The molecule has 0 N–H and O–H groups in total. The fraction of sp³-hybridized carbons (Fsp3) is 0.0714. The Morgan fingerprint density at radius 2 is 1.53 bits per heavy atom. The average molecular weight is 232 g/mol. The topological polar surface area (TPSA) is 35.5 Å². The molecule has 3 nitrogen and oxygen atoms in total. The zero-order chi connectivity index (χ0) is 13.1. The van der Waals surface area contributed by atoms with Crippen molar-refractivity contribution in [1.29, 1.82) is 0 Å². The molecule has 0 saturated carbocycles. The van der Waals surface area contributed by atoms with Crippen molar-refractivity contribution in [2.24, 2.45) is 0 Å². The predicted octanol–water partition coefficient (Wildman–Crippen LogP) is 4.04. The molecule has 0 aliphatic rings. The molecule has 0 aliphatic carbocycles. The molecule has 0 aromatic heterocycles. The van der Waals surface area contributed by atoms with E-state index in [2.05, 4.69) is 19.7 Å². The first-order chi connectivity index (χ1) is 8.17. The molecule has 0 heterocycles. The summed E-state index contributed by atoms with van der Waals surface area (Å²) in [5.74, 6) is 0.564. The fourth-order valence-corrected chi connectivity index (χ4v) is 0.808. The van der Waals surface area contributed by atoms with E-state index in [9.17, 15) is 4.79 Å². The second-order valence-corrected chi connectivity index (χ2v) is 2.76. The van der Waals surface area contributed by atoms with Gasteiger partial charge in [-0.15, -0.1) is 0 Å². The van der Waals surface area contributed by atoms with Crippen LogP contribution in [-0.2, 0) is 9.47 Å². The van der Waals surface area contributed by atoms with Crippen LogP contribution in [0.5, 0.6) is 0 Å². The molecule has 0 unspecified atom stereocenters. The van der Waals surface area contributed by atoms with Crippen LogP contribution in [0.4, 0.5) is 4.79 Å². The van der Waals surface area contributed by atoms with Gasteiger partial charge in [0.25, 0.3) is 0 Å². The Morgan fingerprint density at radius 3 is 1.94 bits per heavy atom. The molecule has 0 fully saturated rings. The highest BCUT2D eigenvalue weighted by Gasteiger charge is 2.07. The molecule has 0 spiro atoms. The molecule has 0 atom stereocenters. The Hall–Kier alpha value is -2.29. The van der Waals surface area contributed by atoms with Crippen molar-refractivity contribution in [2.45, 2.75) is 6.92 Å². The van der Waals surface area contributed by atoms with Crippen LogP contribution in [0.1, 0.15) is 6.92 Å². The molecule has 0 aromatic carbocycles. The van der Waals surface area contributed by atoms with Crippen molar-refractivity contribution >= 4 is 6.16 Å². The number of hydrogen-bond donors (Lipinski definition) is 0. The molecule has 0 aromatic rings. The van der Waals surface area contributed by atoms with Gasteiger partial charge in [-0.05, 0) is 31.2 Å². The Bertz CT molecular complexity index is 384. The highest BCUT2D eigenvalue weighted by molar-refractivity contribution is 5.64. The third-order valence-electron chi connectivity index (χ3n) is 1.54. The standard InChI is InChI=1S/C14H16O3/c1-5-9-11-13(8-4)17-14(15)16-12(7-3)10-6-2/h5-11H,2-4H2,1H3/b9-5-,12-10+,13-11+. The zero-order valence-electron chi connectivity index (χ0n) is 9.89. The Kier molecular flexibility index (Phi) is 7.76. The van der Waals surface area contributed by atoms with Crippen molar-refractivity contribution < 1.29 is 14.3 Å². The second-order valence-electron chi connectivity index (χ2n) is 2.76. The van der Waals surface area contributed by atoms with E-state index in [1.807, 2.05) is 6.92 Å². The van der Waals surface area contributed by atoms with E-state index in [0.29, 0.717) is 5.76 Å². The first-order valence-corrected chi connectivity index (χ1v) is 4.98. The minimum Gasteiger partial charge on any atom is -0.395 e. The SMILES string of the molecule is C=C/C=C(\C=C)OC(=O)O/C(C=C)=C/C=C\C. The van der Waals surface area contributed by atoms with Gasteiger partial charge in [0.05, 0.1) is 0 Å². The van der Waals surface area contributed by atoms with Crippen molar-refractivity contribution in [2.75, 3.05) is 0 Å². The first kappa shape index (κ1) is 14.7. The Morgan fingerprint density at radius 1 is 1.00 bits per heavy atom. The van der Waals surface area contributed by atoms with Gasteiger partial charge in [-0.3, -0.25) is 0 Å². The summed E-state index contributed by atoms with van der Waals surface area (Å²) in [6.45, 7) is 12.3. The maximum atomic E-state index is 11.3. The minimum atomic E-state index is -0.853. The Balaban J connectivity index is 4.53. The third kappa shape index (κ3) is 6.73. The average Bonchev–Trinajstić information content (AvgIpc) is 2.33. The molecular formula is C14H16O3. The quantitative estimate of drug-likeness (QED) is 0.394. The molecule has 0 saturated heterocycles. The number of allylic oxidation sites excluding steroid dienone is 7. The zero-order valence-corrected chi connectivity index (χ0v) is 9.89. The summed E-state index contributed by atoms with van der Waals surface area (Å²) in [4.78, 5) is 11.3. The van der Waals surface area contributed by atoms with Crippen LogP contribution in [0.3, 0.4) is 0 Å². The van der Waals surface area contributed by atoms with Gasteiger partial charge in [0.1, 0.15) is 11.5 Å². The highest BCUT2D eigenvalue weighted by Crippen LogP contribution is 2.06. The maximum Gasteiger partial charge on any atom is 0.519 e. The van der Waals surface area contributed by atoms with Gasteiger partial charge in [-0.1, -0.05) is 38.0 Å². The predicted molar refractivity (Wildman–Crippen MR) is 69.1 cm³/mol. The van der Waals surface area contributed by atoms with Crippen LogP contribution in [0.15, 0.2) is 73.8 Å². The molecule has 0 amide bonds. The van der Waals surface area contributed by atoms with Crippen molar-refractivity contribution in [1.82, 2.24) is 0 Å². The van der Waals surface area contributed by atoms with Crippen molar-refractivity contribution in [3.63, 3.8) is 0 Å². The van der Waals surface area contributed by atoms with E-state index >= 15 is 0 Å². The van der Waals surface area contributed by atoms with Gasteiger partial charge in [-0.2, -0.15) is 0 Å². The van der Waals surface area contributed by atoms with Crippen molar-refractivity contribution in [3.05, 3.63) is 73.8 Å². The number of rotatable bonds is 6. The van der Waals surface area contributed by atoms with Crippen LogP contribution in [0, 0.1) is 0 Å². The van der Waals surface area contributed by atoms with E-state index in [4.69, 9.17) is 9.47 Å². The molecule has 90 valence electrons. The monoisotopic (exact) mass is 232 g/mol. The summed E-state index contributed by atoms with van der Waals surface area (Å²) in [5, 5.41) is 0. The molecule has 0 aliphatic heterocycles. The lowest BCUT2D eigenvalue weighted by Gasteiger charge is -2.05. The van der Waals surface area contributed by atoms with Gasteiger partial charge < -0.3 is 9.47 Å². The van der Waals surface area contributed by atoms with Crippen LogP contribution >= 0.6 is 0 Å². The summed E-state index contributed by atoms with van der Waals surface area (Å²) >= 11 is 0. The van der Waals surface area contributed by atoms with Gasteiger partial charge >= 0.3 is 6.16 Å². The van der Waals surface area contributed by atoms with Crippen LogP contribution in [0.2, 0.25) is 0 Å². The van der Waals surface area contributed by atoms with E-state index in [0.717, 1.165) is 0 Å². The fourth-order valence-electron chi connectivity index (χ4n) is 0.808. The summed E-state index contributed by atoms with van der Waals surface area (Å²) in [6, 6.07) is 0. The van der Waals surface area contributed by atoms with Gasteiger partial charge in [0.15, 0.2) is 0 Å². The van der Waals surface area contributed by atoms with Crippen LogP contribution in [-0.4, -0.2) is 6.16 Å². The molecule has 17 heavy (non-hydrogen) atoms. The molecular weight excluding hydrogens is 216 g/mol.